The van der Waals surface area contributed by atoms with Crippen molar-refractivity contribution < 1.29 is 18.0 Å². The van der Waals surface area contributed by atoms with Crippen LogP contribution in [0.1, 0.15) is 54.9 Å². The van der Waals surface area contributed by atoms with Crippen LogP contribution in [0.4, 0.5) is 5.69 Å². The summed E-state index contributed by atoms with van der Waals surface area (Å²) in [4.78, 5) is 29.2. The second kappa shape index (κ2) is 8.21. The topological polar surface area (TPSA) is 78.0 Å². The zero-order chi connectivity index (χ0) is 21.5. The van der Waals surface area contributed by atoms with Gasteiger partial charge < -0.3 is 9.80 Å². The molecule has 0 aromatic heterocycles. The molecule has 7 nitrogen and oxygen atoms in total. The van der Waals surface area contributed by atoms with Crippen LogP contribution < -0.4 is 4.31 Å². The molecule has 2 heterocycles. The summed E-state index contributed by atoms with van der Waals surface area (Å²) in [6.07, 6.45) is 7.27. The van der Waals surface area contributed by atoms with Gasteiger partial charge in [0.2, 0.25) is 15.9 Å². The molecule has 1 aromatic rings. The fraction of sp³-hybridized carbons (Fsp3) is 0.636. The fourth-order valence-corrected chi connectivity index (χ4v) is 6.44. The lowest BCUT2D eigenvalue weighted by Crippen LogP contribution is -2.50. The smallest absolute Gasteiger partial charge is 0.253 e. The summed E-state index contributed by atoms with van der Waals surface area (Å²) in [6, 6.07) is 5.15. The van der Waals surface area contributed by atoms with E-state index in [1.54, 1.807) is 17.0 Å². The summed E-state index contributed by atoms with van der Waals surface area (Å²) in [5, 5.41) is 0. The molecule has 0 N–H and O–H groups in total. The molecule has 0 spiro atoms. The van der Waals surface area contributed by atoms with Crippen molar-refractivity contribution in [3.8, 4) is 0 Å². The number of anilines is 1. The average molecular weight is 434 g/mol. The van der Waals surface area contributed by atoms with Crippen LogP contribution in [0.25, 0.3) is 0 Å². The summed E-state index contributed by atoms with van der Waals surface area (Å²) >= 11 is 0. The van der Waals surface area contributed by atoms with Gasteiger partial charge in [0.1, 0.15) is 0 Å². The number of carbonyl (C=O) groups is 2. The second-order valence-electron chi connectivity index (χ2n) is 8.98. The molecule has 3 aliphatic rings. The minimum Gasteiger partial charge on any atom is -0.339 e. The Labute approximate surface area is 179 Å². The predicted molar refractivity (Wildman–Crippen MR) is 116 cm³/mol. The molecule has 4 rings (SSSR count). The van der Waals surface area contributed by atoms with E-state index in [1.807, 2.05) is 17.9 Å². The van der Waals surface area contributed by atoms with Crippen molar-refractivity contribution in [3.05, 3.63) is 29.3 Å². The molecule has 1 aliphatic carbocycles. The molecule has 0 bridgehead atoms. The molecule has 1 unspecified atom stereocenters. The minimum absolute atomic E-state index is 0.0499. The van der Waals surface area contributed by atoms with Crippen LogP contribution in [0.5, 0.6) is 0 Å². The second-order valence-corrected chi connectivity index (χ2v) is 10.8. The summed E-state index contributed by atoms with van der Waals surface area (Å²) in [7, 11) is -3.34. The number of nitrogens with zero attached hydrogens (tertiary/aromatic N) is 3. The average Bonchev–Trinajstić information content (AvgIpc) is 3.32. The van der Waals surface area contributed by atoms with Crippen molar-refractivity contribution in [2.24, 2.45) is 5.92 Å². The number of hydrogen-bond acceptors (Lipinski definition) is 4. The largest absolute Gasteiger partial charge is 0.339 e. The van der Waals surface area contributed by atoms with E-state index in [-0.39, 0.29) is 17.9 Å². The van der Waals surface area contributed by atoms with Crippen LogP contribution >= 0.6 is 0 Å². The van der Waals surface area contributed by atoms with E-state index in [0.717, 1.165) is 18.4 Å². The van der Waals surface area contributed by atoms with Crippen molar-refractivity contribution in [2.45, 2.75) is 51.5 Å². The van der Waals surface area contributed by atoms with Crippen molar-refractivity contribution >= 4 is 27.5 Å². The molecule has 2 amide bonds. The summed E-state index contributed by atoms with van der Waals surface area (Å²) in [5.41, 5.74) is 2.15. The molecular formula is C22H31N3O4S. The van der Waals surface area contributed by atoms with Gasteiger partial charge in [-0.3, -0.25) is 13.9 Å². The molecule has 0 radical (unpaired) electrons. The van der Waals surface area contributed by atoms with E-state index in [0.29, 0.717) is 56.2 Å². The van der Waals surface area contributed by atoms with Crippen LogP contribution in [0, 0.1) is 5.92 Å². The van der Waals surface area contributed by atoms with Gasteiger partial charge in [0.25, 0.3) is 5.91 Å². The lowest BCUT2D eigenvalue weighted by molar-refractivity contribution is -0.133. The highest BCUT2D eigenvalue weighted by Gasteiger charge is 2.33. The lowest BCUT2D eigenvalue weighted by Gasteiger charge is -2.35. The maximum Gasteiger partial charge on any atom is 0.253 e. The minimum atomic E-state index is -3.34. The van der Waals surface area contributed by atoms with Crippen LogP contribution in [-0.2, 0) is 21.2 Å². The van der Waals surface area contributed by atoms with Crippen molar-refractivity contribution in [2.75, 3.05) is 36.7 Å². The quantitative estimate of drug-likeness (QED) is 0.730. The Bertz CT molecular complexity index is 932. The zero-order valence-electron chi connectivity index (χ0n) is 17.8. The van der Waals surface area contributed by atoms with Crippen LogP contribution in [0.2, 0.25) is 0 Å². The number of hydrogen-bond donors (Lipinski definition) is 0. The molecule has 1 saturated carbocycles. The normalized spacial score (nSPS) is 22.5. The van der Waals surface area contributed by atoms with Gasteiger partial charge in [-0.15, -0.1) is 0 Å². The SMILES string of the molecule is CC1Cc2cc(C(=O)N3CCN(C(=O)CC4CCCC4)CC3)ccc2N1S(C)(=O)=O. The van der Waals surface area contributed by atoms with Gasteiger partial charge >= 0.3 is 0 Å². The van der Waals surface area contributed by atoms with Gasteiger partial charge in [0, 0.05) is 44.2 Å². The van der Waals surface area contributed by atoms with Crippen LogP contribution in [0.3, 0.4) is 0 Å². The van der Waals surface area contributed by atoms with E-state index in [2.05, 4.69) is 0 Å². The van der Waals surface area contributed by atoms with Gasteiger partial charge in [-0.25, -0.2) is 8.42 Å². The Morgan fingerprint density at radius 2 is 1.67 bits per heavy atom. The van der Waals surface area contributed by atoms with E-state index in [4.69, 9.17) is 0 Å². The fourth-order valence-electron chi connectivity index (χ4n) is 5.17. The summed E-state index contributed by atoms with van der Waals surface area (Å²) in [6.45, 7) is 4.13. The Hall–Kier alpha value is -2.09. The zero-order valence-corrected chi connectivity index (χ0v) is 18.7. The first-order chi connectivity index (χ1) is 14.2. The summed E-state index contributed by atoms with van der Waals surface area (Å²) < 4.78 is 25.6. The Kier molecular flexibility index (Phi) is 5.79. The molecule has 1 saturated heterocycles. The van der Waals surface area contributed by atoms with E-state index >= 15 is 0 Å². The number of amides is 2. The van der Waals surface area contributed by atoms with Crippen LogP contribution in [-0.4, -0.2) is 68.5 Å². The highest BCUT2D eigenvalue weighted by atomic mass is 32.2. The van der Waals surface area contributed by atoms with Gasteiger partial charge in [0.05, 0.1) is 11.9 Å². The van der Waals surface area contributed by atoms with Crippen molar-refractivity contribution in [1.29, 1.82) is 0 Å². The molecule has 164 valence electrons. The van der Waals surface area contributed by atoms with E-state index in [1.165, 1.54) is 23.4 Å². The number of piperazine rings is 1. The van der Waals surface area contributed by atoms with E-state index < -0.39 is 10.0 Å². The molecule has 30 heavy (non-hydrogen) atoms. The standard InChI is InChI=1S/C22H31N3O4S/c1-16-13-19-15-18(7-8-20(19)25(16)30(2,28)29)22(27)24-11-9-23(10-12-24)21(26)14-17-5-3-4-6-17/h7-8,15-17H,3-6,9-14H2,1-2H3. The van der Waals surface area contributed by atoms with Crippen LogP contribution in [0.15, 0.2) is 18.2 Å². The monoisotopic (exact) mass is 433 g/mol. The molecular weight excluding hydrogens is 402 g/mol. The lowest BCUT2D eigenvalue weighted by atomic mass is 10.0. The van der Waals surface area contributed by atoms with Gasteiger partial charge in [-0.2, -0.15) is 0 Å². The maximum atomic E-state index is 13.0. The first kappa shape index (κ1) is 21.2. The third-order valence-corrected chi connectivity index (χ3v) is 7.97. The third-order valence-electron chi connectivity index (χ3n) is 6.69. The molecule has 1 atom stereocenters. The van der Waals surface area contributed by atoms with Gasteiger partial charge in [-0.05, 0) is 55.9 Å². The van der Waals surface area contributed by atoms with Crippen molar-refractivity contribution in [1.82, 2.24) is 9.80 Å². The molecule has 1 aromatic carbocycles. The first-order valence-corrected chi connectivity index (χ1v) is 12.8. The molecule has 2 aliphatic heterocycles. The number of carbonyl (C=O) groups excluding carboxylic acids is 2. The Balaban J connectivity index is 1.38. The predicted octanol–water partition coefficient (Wildman–Crippen LogP) is 2.26. The maximum absolute atomic E-state index is 13.0. The molecule has 8 heteroatoms. The Morgan fingerprint density at radius 1 is 1.03 bits per heavy atom. The van der Waals surface area contributed by atoms with Gasteiger partial charge in [0.15, 0.2) is 0 Å². The van der Waals surface area contributed by atoms with Gasteiger partial charge in [-0.1, -0.05) is 12.8 Å². The number of fused-ring (bicyclic) bond motifs is 1. The number of sulfonamides is 1. The number of benzene rings is 1. The Morgan fingerprint density at radius 3 is 2.30 bits per heavy atom. The summed E-state index contributed by atoms with van der Waals surface area (Å²) in [5.74, 6) is 0.713. The van der Waals surface area contributed by atoms with E-state index in [9.17, 15) is 18.0 Å². The molecule has 2 fully saturated rings. The highest BCUT2D eigenvalue weighted by Crippen LogP contribution is 2.35. The first-order valence-electron chi connectivity index (χ1n) is 10.9. The number of rotatable bonds is 4. The van der Waals surface area contributed by atoms with Crippen molar-refractivity contribution in [3.63, 3.8) is 0 Å². The highest BCUT2D eigenvalue weighted by molar-refractivity contribution is 7.92. The third kappa shape index (κ3) is 4.19.